The van der Waals surface area contributed by atoms with Gasteiger partial charge in [0.15, 0.2) is 0 Å². The number of nitriles is 1. The Kier molecular flexibility index (Phi) is 5.14. The van der Waals surface area contributed by atoms with Crippen LogP contribution in [0, 0.1) is 29.9 Å². The topological polar surface area (TPSA) is 64.9 Å². The molecule has 0 radical (unpaired) electrons. The molecular formula is C19H15F2N3OS. The third kappa shape index (κ3) is 3.51. The molecule has 0 spiro atoms. The van der Waals surface area contributed by atoms with E-state index in [9.17, 15) is 13.6 Å². The number of nitrogens with zero attached hydrogens (tertiary/aromatic N) is 1. The molecule has 0 atom stereocenters. The fourth-order valence-electron chi connectivity index (χ4n) is 2.65. The molecule has 2 aromatic carbocycles. The van der Waals surface area contributed by atoms with Gasteiger partial charge in [0.25, 0.3) is 5.91 Å². The van der Waals surface area contributed by atoms with Gasteiger partial charge < -0.3 is 10.6 Å². The Bertz CT molecular complexity index is 1020. The van der Waals surface area contributed by atoms with E-state index in [4.69, 9.17) is 5.26 Å². The van der Waals surface area contributed by atoms with E-state index in [-0.39, 0.29) is 17.3 Å². The van der Waals surface area contributed by atoms with Crippen molar-refractivity contribution < 1.29 is 13.6 Å². The van der Waals surface area contributed by atoms with Crippen molar-refractivity contribution in [3.63, 3.8) is 0 Å². The Hall–Kier alpha value is -2.98. The highest BCUT2D eigenvalue weighted by Crippen LogP contribution is 2.31. The molecule has 2 N–H and O–H groups in total. The number of hydrogen-bond donors (Lipinski definition) is 2. The molecule has 0 aliphatic rings. The minimum absolute atomic E-state index is 0.0544. The van der Waals surface area contributed by atoms with Crippen LogP contribution < -0.4 is 10.6 Å². The molecule has 4 nitrogen and oxygen atoms in total. The van der Waals surface area contributed by atoms with Crippen LogP contribution in [0.2, 0.25) is 0 Å². The van der Waals surface area contributed by atoms with Gasteiger partial charge in [-0.1, -0.05) is 6.07 Å². The highest BCUT2D eigenvalue weighted by atomic mass is 32.1. The summed E-state index contributed by atoms with van der Waals surface area (Å²) in [5.74, 6) is -1.17. The summed E-state index contributed by atoms with van der Waals surface area (Å²) in [5, 5.41) is 15.4. The van der Waals surface area contributed by atoms with E-state index in [1.165, 1.54) is 35.6 Å². The second-order valence-corrected chi connectivity index (χ2v) is 6.71. The van der Waals surface area contributed by atoms with Crippen molar-refractivity contribution >= 4 is 33.0 Å². The average Bonchev–Trinajstić information content (AvgIpc) is 2.95. The van der Waals surface area contributed by atoms with Gasteiger partial charge in [0.2, 0.25) is 0 Å². The summed E-state index contributed by atoms with van der Waals surface area (Å²) in [5.41, 5.74) is 1.07. The SMILES string of the molecule is Cc1c(C(=O)NCCNc2cccc(F)c2C#N)sc2ccc(F)cc12. The fourth-order valence-corrected chi connectivity index (χ4v) is 3.75. The maximum Gasteiger partial charge on any atom is 0.261 e. The van der Waals surface area contributed by atoms with Gasteiger partial charge in [0.1, 0.15) is 23.3 Å². The number of nitrogens with one attached hydrogen (secondary N) is 2. The van der Waals surface area contributed by atoms with Crippen LogP contribution in [0.15, 0.2) is 36.4 Å². The van der Waals surface area contributed by atoms with E-state index in [1.54, 1.807) is 19.1 Å². The van der Waals surface area contributed by atoms with E-state index in [0.717, 1.165) is 15.6 Å². The molecule has 0 bridgehead atoms. The number of amides is 1. The number of anilines is 1. The predicted octanol–water partition coefficient (Wildman–Crippen LogP) is 4.20. The minimum atomic E-state index is -0.588. The van der Waals surface area contributed by atoms with Crippen molar-refractivity contribution in [2.75, 3.05) is 18.4 Å². The zero-order valence-electron chi connectivity index (χ0n) is 13.9. The molecule has 1 amide bonds. The van der Waals surface area contributed by atoms with E-state index >= 15 is 0 Å². The highest BCUT2D eigenvalue weighted by Gasteiger charge is 2.15. The van der Waals surface area contributed by atoms with Gasteiger partial charge in [-0.15, -0.1) is 11.3 Å². The molecule has 7 heteroatoms. The summed E-state index contributed by atoms with van der Waals surface area (Å²) in [6, 6.07) is 10.6. The van der Waals surface area contributed by atoms with Crippen LogP contribution in [0.3, 0.4) is 0 Å². The molecule has 1 aromatic heterocycles. The Morgan fingerprint density at radius 2 is 2.04 bits per heavy atom. The number of fused-ring (bicyclic) bond motifs is 1. The number of hydrogen-bond acceptors (Lipinski definition) is 4. The Morgan fingerprint density at radius 1 is 1.23 bits per heavy atom. The largest absolute Gasteiger partial charge is 0.382 e. The van der Waals surface area contributed by atoms with E-state index in [0.29, 0.717) is 23.7 Å². The molecule has 1 heterocycles. The summed E-state index contributed by atoms with van der Waals surface area (Å²) in [7, 11) is 0. The maximum absolute atomic E-state index is 13.5. The molecule has 3 aromatic rings. The first-order valence-corrected chi connectivity index (χ1v) is 8.72. The average molecular weight is 371 g/mol. The number of carbonyl (C=O) groups excluding carboxylic acids is 1. The first-order valence-electron chi connectivity index (χ1n) is 7.90. The van der Waals surface area contributed by atoms with Gasteiger partial charge >= 0.3 is 0 Å². The molecule has 132 valence electrons. The van der Waals surface area contributed by atoms with Crippen molar-refractivity contribution in [3.8, 4) is 6.07 Å². The van der Waals surface area contributed by atoms with Gasteiger partial charge in [0, 0.05) is 17.8 Å². The lowest BCUT2D eigenvalue weighted by Crippen LogP contribution is -2.28. The van der Waals surface area contributed by atoms with Gasteiger partial charge in [-0.25, -0.2) is 8.78 Å². The fraction of sp³-hybridized carbons (Fsp3) is 0.158. The lowest BCUT2D eigenvalue weighted by molar-refractivity contribution is 0.0958. The molecular weight excluding hydrogens is 356 g/mol. The first-order chi connectivity index (χ1) is 12.5. The number of benzene rings is 2. The van der Waals surface area contributed by atoms with Gasteiger partial charge in [-0.05, 0) is 48.2 Å². The summed E-state index contributed by atoms with van der Waals surface area (Å²) in [6.07, 6.45) is 0. The predicted molar refractivity (Wildman–Crippen MR) is 98.5 cm³/mol. The van der Waals surface area contributed by atoms with Gasteiger partial charge in [-0.3, -0.25) is 4.79 Å². The molecule has 0 fully saturated rings. The monoisotopic (exact) mass is 371 g/mol. The van der Waals surface area contributed by atoms with Crippen LogP contribution in [0.1, 0.15) is 20.8 Å². The zero-order valence-corrected chi connectivity index (χ0v) is 14.7. The van der Waals surface area contributed by atoms with Crippen LogP contribution in [-0.4, -0.2) is 19.0 Å². The Morgan fingerprint density at radius 3 is 2.81 bits per heavy atom. The summed E-state index contributed by atoms with van der Waals surface area (Å²) >= 11 is 1.31. The van der Waals surface area contributed by atoms with Crippen LogP contribution >= 0.6 is 11.3 Å². The molecule has 0 aliphatic carbocycles. The number of thiophene rings is 1. The molecule has 26 heavy (non-hydrogen) atoms. The summed E-state index contributed by atoms with van der Waals surface area (Å²) in [6.45, 7) is 2.42. The maximum atomic E-state index is 13.5. The van der Waals surface area contributed by atoms with Crippen LogP contribution in [-0.2, 0) is 0 Å². The Balaban J connectivity index is 1.63. The lowest BCUT2D eigenvalue weighted by atomic mass is 10.1. The third-order valence-corrected chi connectivity index (χ3v) is 5.23. The van der Waals surface area contributed by atoms with Crippen molar-refractivity contribution in [2.24, 2.45) is 0 Å². The summed E-state index contributed by atoms with van der Waals surface area (Å²) < 4.78 is 27.8. The molecule has 0 saturated heterocycles. The van der Waals surface area contributed by atoms with Crippen molar-refractivity contribution in [1.82, 2.24) is 5.32 Å². The molecule has 0 unspecified atom stereocenters. The minimum Gasteiger partial charge on any atom is -0.382 e. The number of carbonyl (C=O) groups is 1. The first kappa shape index (κ1) is 17.8. The smallest absolute Gasteiger partial charge is 0.261 e. The third-order valence-electron chi connectivity index (χ3n) is 3.96. The van der Waals surface area contributed by atoms with Crippen molar-refractivity contribution in [1.29, 1.82) is 5.26 Å². The summed E-state index contributed by atoms with van der Waals surface area (Å²) in [4.78, 5) is 12.9. The normalized spacial score (nSPS) is 10.5. The van der Waals surface area contributed by atoms with E-state index < -0.39 is 5.82 Å². The number of halogens is 2. The second-order valence-electron chi connectivity index (χ2n) is 5.65. The van der Waals surface area contributed by atoms with Gasteiger partial charge in [-0.2, -0.15) is 5.26 Å². The number of rotatable bonds is 5. The molecule has 0 saturated carbocycles. The van der Waals surface area contributed by atoms with Crippen LogP contribution in [0.4, 0.5) is 14.5 Å². The standard InChI is InChI=1S/C19H15F2N3OS/c1-11-13-9-12(20)5-6-17(13)26-18(11)19(25)24-8-7-23-16-4-2-3-15(21)14(16)10-22/h2-6,9,23H,7-8H2,1H3,(H,24,25). The highest BCUT2D eigenvalue weighted by molar-refractivity contribution is 7.21. The van der Waals surface area contributed by atoms with Gasteiger partial charge in [0.05, 0.1) is 10.6 Å². The Labute approximate surface area is 153 Å². The lowest BCUT2D eigenvalue weighted by Gasteiger charge is -2.09. The quantitative estimate of drug-likeness (QED) is 0.661. The zero-order chi connectivity index (χ0) is 18.7. The number of aryl methyl sites for hydroxylation is 1. The van der Waals surface area contributed by atoms with Crippen LogP contribution in [0.5, 0.6) is 0 Å². The van der Waals surface area contributed by atoms with E-state index in [2.05, 4.69) is 10.6 Å². The molecule has 0 aliphatic heterocycles. The van der Waals surface area contributed by atoms with Crippen LogP contribution in [0.25, 0.3) is 10.1 Å². The van der Waals surface area contributed by atoms with Crippen molar-refractivity contribution in [3.05, 3.63) is 64.0 Å². The van der Waals surface area contributed by atoms with Crippen molar-refractivity contribution in [2.45, 2.75) is 6.92 Å². The molecule has 3 rings (SSSR count). The second kappa shape index (κ2) is 7.50. The van der Waals surface area contributed by atoms with E-state index in [1.807, 2.05) is 6.07 Å².